The maximum absolute atomic E-state index is 4.72. The van der Waals surface area contributed by atoms with E-state index in [1.807, 2.05) is 7.05 Å². The Bertz CT molecular complexity index is 579. The van der Waals surface area contributed by atoms with Gasteiger partial charge in [-0.1, -0.05) is 13.8 Å². The van der Waals surface area contributed by atoms with E-state index in [0.717, 1.165) is 30.0 Å². The molecule has 0 bridgehead atoms. The van der Waals surface area contributed by atoms with Crippen LogP contribution in [0.3, 0.4) is 0 Å². The molecular weight excluding hydrogens is 268 g/mol. The van der Waals surface area contributed by atoms with Gasteiger partial charge in [0, 0.05) is 24.5 Å². The zero-order chi connectivity index (χ0) is 14.7. The molecular formula is C15H24N4S. The SMILES string of the molecule is CCc1cc2c(N(CC)C(C)CC)nc(NC)nc2s1. The minimum atomic E-state index is 0.479. The Labute approximate surface area is 125 Å². The van der Waals surface area contributed by atoms with E-state index in [9.17, 15) is 0 Å². The van der Waals surface area contributed by atoms with Crippen LogP contribution in [0.15, 0.2) is 6.07 Å². The second kappa shape index (κ2) is 6.39. The van der Waals surface area contributed by atoms with Gasteiger partial charge in [0.15, 0.2) is 0 Å². The predicted octanol–water partition coefficient (Wildman–Crippen LogP) is 3.92. The van der Waals surface area contributed by atoms with Gasteiger partial charge >= 0.3 is 0 Å². The van der Waals surface area contributed by atoms with E-state index in [2.05, 4.69) is 49.0 Å². The molecule has 4 nitrogen and oxygen atoms in total. The van der Waals surface area contributed by atoms with Gasteiger partial charge in [0.25, 0.3) is 0 Å². The monoisotopic (exact) mass is 292 g/mol. The molecule has 2 aromatic heterocycles. The van der Waals surface area contributed by atoms with Crippen LogP contribution in [0.4, 0.5) is 11.8 Å². The van der Waals surface area contributed by atoms with E-state index in [0.29, 0.717) is 12.0 Å². The number of nitrogens with one attached hydrogen (secondary N) is 1. The molecule has 2 rings (SSSR count). The maximum Gasteiger partial charge on any atom is 0.225 e. The average molecular weight is 292 g/mol. The first-order valence-corrected chi connectivity index (χ1v) is 8.21. The number of fused-ring (bicyclic) bond motifs is 1. The highest BCUT2D eigenvalue weighted by atomic mass is 32.1. The summed E-state index contributed by atoms with van der Waals surface area (Å²) in [5, 5.41) is 4.27. The summed E-state index contributed by atoms with van der Waals surface area (Å²) >= 11 is 1.77. The lowest BCUT2D eigenvalue weighted by atomic mass is 10.2. The van der Waals surface area contributed by atoms with Gasteiger partial charge in [0.2, 0.25) is 5.95 Å². The smallest absolute Gasteiger partial charge is 0.225 e. The molecule has 0 amide bonds. The van der Waals surface area contributed by atoms with Crippen molar-refractivity contribution in [2.24, 2.45) is 0 Å². The molecule has 0 aliphatic heterocycles. The molecule has 0 saturated heterocycles. The van der Waals surface area contributed by atoms with Crippen LogP contribution in [0.5, 0.6) is 0 Å². The summed E-state index contributed by atoms with van der Waals surface area (Å²) in [4.78, 5) is 14.1. The Morgan fingerprint density at radius 2 is 2.05 bits per heavy atom. The number of thiophene rings is 1. The number of hydrogen-bond donors (Lipinski definition) is 1. The van der Waals surface area contributed by atoms with E-state index in [-0.39, 0.29) is 0 Å². The first-order valence-electron chi connectivity index (χ1n) is 7.39. The molecule has 1 unspecified atom stereocenters. The summed E-state index contributed by atoms with van der Waals surface area (Å²) in [5.74, 6) is 1.77. The quantitative estimate of drug-likeness (QED) is 0.876. The minimum absolute atomic E-state index is 0.479. The molecule has 1 N–H and O–H groups in total. The van der Waals surface area contributed by atoms with Gasteiger partial charge in [-0.3, -0.25) is 0 Å². The summed E-state index contributed by atoms with van der Waals surface area (Å²) < 4.78 is 0. The van der Waals surface area contributed by atoms with E-state index in [1.54, 1.807) is 11.3 Å². The number of anilines is 2. The molecule has 2 heterocycles. The number of aromatic nitrogens is 2. The van der Waals surface area contributed by atoms with Crippen LogP contribution in [0, 0.1) is 0 Å². The van der Waals surface area contributed by atoms with Gasteiger partial charge in [-0.25, -0.2) is 4.98 Å². The highest BCUT2D eigenvalue weighted by Crippen LogP contribution is 2.33. The number of aryl methyl sites for hydroxylation is 1. The van der Waals surface area contributed by atoms with Crippen LogP contribution in [-0.4, -0.2) is 29.6 Å². The molecule has 0 fully saturated rings. The molecule has 0 aromatic carbocycles. The van der Waals surface area contributed by atoms with Gasteiger partial charge in [-0.15, -0.1) is 11.3 Å². The van der Waals surface area contributed by atoms with Gasteiger partial charge in [-0.05, 0) is 32.8 Å². The van der Waals surface area contributed by atoms with E-state index < -0.39 is 0 Å². The van der Waals surface area contributed by atoms with Crippen molar-refractivity contribution in [2.75, 3.05) is 23.8 Å². The molecule has 1 atom stereocenters. The van der Waals surface area contributed by atoms with Crippen LogP contribution in [0.1, 0.15) is 39.0 Å². The standard InChI is InChI=1S/C15H24N4S/c1-6-10(4)19(8-3)13-12-9-11(7-2)20-14(12)18-15(16-5)17-13/h9-10H,6-8H2,1-5H3,(H,16,17,18). The fourth-order valence-corrected chi connectivity index (χ4v) is 3.31. The lowest BCUT2D eigenvalue weighted by molar-refractivity contribution is 0.625. The zero-order valence-electron chi connectivity index (χ0n) is 13.0. The van der Waals surface area contributed by atoms with Crippen LogP contribution in [0.2, 0.25) is 0 Å². The van der Waals surface area contributed by atoms with Crippen molar-refractivity contribution < 1.29 is 0 Å². The normalized spacial score (nSPS) is 12.7. The lowest BCUT2D eigenvalue weighted by Crippen LogP contribution is -2.33. The Balaban J connectivity index is 2.61. The Morgan fingerprint density at radius 1 is 1.30 bits per heavy atom. The fraction of sp³-hybridized carbons (Fsp3) is 0.600. The number of nitrogens with zero attached hydrogens (tertiary/aromatic N) is 3. The number of hydrogen-bond acceptors (Lipinski definition) is 5. The summed E-state index contributed by atoms with van der Waals surface area (Å²) in [6.07, 6.45) is 2.16. The molecule has 110 valence electrons. The number of rotatable bonds is 6. The van der Waals surface area contributed by atoms with Crippen molar-refractivity contribution in [1.29, 1.82) is 0 Å². The van der Waals surface area contributed by atoms with Crippen molar-refractivity contribution in [2.45, 2.75) is 46.6 Å². The van der Waals surface area contributed by atoms with Crippen molar-refractivity contribution >= 4 is 33.3 Å². The molecule has 0 saturated carbocycles. The Hall–Kier alpha value is -1.36. The Kier molecular flexibility index (Phi) is 4.81. The molecule has 0 radical (unpaired) electrons. The van der Waals surface area contributed by atoms with Crippen molar-refractivity contribution in [3.63, 3.8) is 0 Å². The summed E-state index contributed by atoms with van der Waals surface area (Å²) in [7, 11) is 1.87. The molecule has 0 aliphatic carbocycles. The van der Waals surface area contributed by atoms with E-state index >= 15 is 0 Å². The van der Waals surface area contributed by atoms with Crippen molar-refractivity contribution in [1.82, 2.24) is 9.97 Å². The third kappa shape index (κ3) is 2.73. The summed E-state index contributed by atoms with van der Waals surface area (Å²) in [6, 6.07) is 2.73. The second-order valence-corrected chi connectivity index (χ2v) is 6.06. The highest BCUT2D eigenvalue weighted by Gasteiger charge is 2.18. The van der Waals surface area contributed by atoms with Crippen LogP contribution < -0.4 is 10.2 Å². The van der Waals surface area contributed by atoms with Crippen LogP contribution in [-0.2, 0) is 6.42 Å². The fourth-order valence-electron chi connectivity index (χ4n) is 2.35. The van der Waals surface area contributed by atoms with Gasteiger partial charge < -0.3 is 10.2 Å². The van der Waals surface area contributed by atoms with Crippen LogP contribution in [0.25, 0.3) is 10.2 Å². The molecule has 20 heavy (non-hydrogen) atoms. The molecule has 2 aromatic rings. The second-order valence-electron chi connectivity index (χ2n) is 4.95. The zero-order valence-corrected chi connectivity index (χ0v) is 13.8. The predicted molar refractivity (Wildman–Crippen MR) is 89.1 cm³/mol. The van der Waals surface area contributed by atoms with E-state index in [4.69, 9.17) is 4.98 Å². The molecule has 5 heteroatoms. The van der Waals surface area contributed by atoms with Crippen molar-refractivity contribution in [3.8, 4) is 0 Å². The van der Waals surface area contributed by atoms with Gasteiger partial charge in [0.05, 0.1) is 5.39 Å². The maximum atomic E-state index is 4.72. The van der Waals surface area contributed by atoms with Gasteiger partial charge in [-0.2, -0.15) is 4.98 Å². The third-order valence-corrected chi connectivity index (χ3v) is 4.90. The third-order valence-electron chi connectivity index (χ3n) is 3.73. The molecule has 0 spiro atoms. The lowest BCUT2D eigenvalue weighted by Gasteiger charge is -2.29. The summed E-state index contributed by atoms with van der Waals surface area (Å²) in [5.41, 5.74) is 0. The molecule has 0 aliphatic rings. The van der Waals surface area contributed by atoms with Gasteiger partial charge in [0.1, 0.15) is 10.6 Å². The first kappa shape index (κ1) is 15.0. The topological polar surface area (TPSA) is 41.1 Å². The van der Waals surface area contributed by atoms with Crippen LogP contribution >= 0.6 is 11.3 Å². The summed E-state index contributed by atoms with van der Waals surface area (Å²) in [6.45, 7) is 9.80. The average Bonchev–Trinajstić information content (AvgIpc) is 2.90. The van der Waals surface area contributed by atoms with Crippen molar-refractivity contribution in [3.05, 3.63) is 10.9 Å². The highest BCUT2D eigenvalue weighted by molar-refractivity contribution is 7.18. The minimum Gasteiger partial charge on any atom is -0.357 e. The van der Waals surface area contributed by atoms with E-state index in [1.165, 1.54) is 10.3 Å². The largest absolute Gasteiger partial charge is 0.357 e. The Morgan fingerprint density at radius 3 is 2.60 bits per heavy atom. The first-order chi connectivity index (χ1) is 9.64.